The lowest BCUT2D eigenvalue weighted by Crippen LogP contribution is -2.36. The Bertz CT molecular complexity index is 1450. The standard InChI is InChI=1S/C25H21F6N5OS/c1-36(17-6-7-32-12-17)23-34-22(37)21(38-23)18(13-3-5-20-15(8-13)11-33-35-20)9-14-2-4-16(24(26,27)28)10-19(14)25(29,30)31/h2-5,8,10-11,17,32H,6-7,9,12H2,1H3,(H,33,35). The van der Waals surface area contributed by atoms with E-state index in [1.54, 1.807) is 25.2 Å². The number of nitrogens with zero attached hydrogens (tertiary/aromatic N) is 3. The number of thioether (sulfide) groups is 1. The number of fused-ring (bicyclic) bond motifs is 1. The number of carbonyl (C=O) groups is 1. The minimum Gasteiger partial charge on any atom is -0.350 e. The summed E-state index contributed by atoms with van der Waals surface area (Å²) in [5.74, 6) is -0.606. The van der Waals surface area contributed by atoms with Crippen molar-refractivity contribution in [3.8, 4) is 0 Å². The minimum atomic E-state index is -5.04. The molecule has 1 atom stereocenters. The van der Waals surface area contributed by atoms with Crippen LogP contribution in [0.15, 0.2) is 52.5 Å². The number of H-pyrrole nitrogens is 1. The summed E-state index contributed by atoms with van der Waals surface area (Å²) in [6.07, 6.45) is -8.03. The van der Waals surface area contributed by atoms with Crippen LogP contribution in [-0.4, -0.2) is 52.4 Å². The first kappa shape index (κ1) is 26.3. The molecule has 2 aliphatic heterocycles. The number of rotatable bonds is 4. The van der Waals surface area contributed by atoms with Crippen LogP contribution < -0.4 is 5.32 Å². The molecular weight excluding hydrogens is 532 g/mol. The molecular formula is C25H21F6N5OS. The molecule has 2 N–H and O–H groups in total. The number of likely N-dealkylation sites (N-methyl/N-ethyl adjacent to an activating group) is 1. The second-order valence-corrected chi connectivity index (χ2v) is 10.1. The topological polar surface area (TPSA) is 73.4 Å². The Morgan fingerprint density at radius 3 is 2.58 bits per heavy atom. The molecule has 1 saturated heterocycles. The SMILES string of the molecule is CN(C1=NC(=O)C(=C(Cc2ccc(C(F)(F)F)cc2C(F)(F)F)c2ccc3[nH]ncc3c2)S1)C1CCNC1. The van der Waals surface area contributed by atoms with Crippen molar-refractivity contribution in [2.24, 2.45) is 4.99 Å². The van der Waals surface area contributed by atoms with Crippen molar-refractivity contribution in [1.29, 1.82) is 0 Å². The molecule has 0 bridgehead atoms. The van der Waals surface area contributed by atoms with E-state index >= 15 is 0 Å². The molecule has 5 rings (SSSR count). The normalized spacial score (nSPS) is 19.8. The van der Waals surface area contributed by atoms with E-state index < -0.39 is 35.8 Å². The highest BCUT2D eigenvalue weighted by Gasteiger charge is 2.39. The van der Waals surface area contributed by atoms with Crippen molar-refractivity contribution < 1.29 is 31.1 Å². The maximum Gasteiger partial charge on any atom is 0.416 e. The van der Waals surface area contributed by atoms with Crippen molar-refractivity contribution in [3.05, 3.63) is 69.8 Å². The third kappa shape index (κ3) is 5.17. The highest BCUT2D eigenvalue weighted by Crippen LogP contribution is 2.42. The molecule has 13 heteroatoms. The molecule has 3 heterocycles. The molecule has 1 unspecified atom stereocenters. The fourth-order valence-electron chi connectivity index (χ4n) is 4.57. The van der Waals surface area contributed by atoms with E-state index in [1.165, 1.54) is 6.20 Å². The largest absolute Gasteiger partial charge is 0.416 e. The number of aliphatic imine (C=N–C) groups is 1. The summed E-state index contributed by atoms with van der Waals surface area (Å²) in [4.78, 5) is 19.3. The number of aromatic amines is 1. The fourth-order valence-corrected chi connectivity index (χ4v) is 5.62. The van der Waals surface area contributed by atoms with Gasteiger partial charge in [-0.15, -0.1) is 0 Å². The van der Waals surface area contributed by atoms with E-state index in [2.05, 4.69) is 20.5 Å². The molecule has 0 aliphatic carbocycles. The van der Waals surface area contributed by atoms with Crippen LogP contribution in [0.4, 0.5) is 26.3 Å². The van der Waals surface area contributed by atoms with Crippen LogP contribution >= 0.6 is 11.8 Å². The van der Waals surface area contributed by atoms with Crippen LogP contribution in [0.2, 0.25) is 0 Å². The Labute approximate surface area is 217 Å². The van der Waals surface area contributed by atoms with Gasteiger partial charge in [0.2, 0.25) is 0 Å². The number of amidine groups is 1. The smallest absolute Gasteiger partial charge is 0.350 e. The van der Waals surface area contributed by atoms with Crippen molar-refractivity contribution in [3.63, 3.8) is 0 Å². The number of alkyl halides is 6. The Morgan fingerprint density at radius 2 is 1.89 bits per heavy atom. The van der Waals surface area contributed by atoms with Crippen molar-refractivity contribution in [2.75, 3.05) is 20.1 Å². The van der Waals surface area contributed by atoms with Gasteiger partial charge in [0, 0.05) is 25.0 Å². The maximum atomic E-state index is 13.9. The third-order valence-corrected chi connectivity index (χ3v) is 7.83. The highest BCUT2D eigenvalue weighted by molar-refractivity contribution is 8.18. The Hall–Kier alpha value is -3.32. The van der Waals surface area contributed by atoms with E-state index in [1.807, 2.05) is 4.90 Å². The summed E-state index contributed by atoms with van der Waals surface area (Å²) in [7, 11) is 1.80. The van der Waals surface area contributed by atoms with Gasteiger partial charge < -0.3 is 10.2 Å². The summed E-state index contributed by atoms with van der Waals surface area (Å²) < 4.78 is 81.4. The Morgan fingerprint density at radius 1 is 1.11 bits per heavy atom. The molecule has 6 nitrogen and oxygen atoms in total. The number of nitrogens with one attached hydrogen (secondary N) is 2. The number of benzene rings is 2. The summed E-state index contributed by atoms with van der Waals surface area (Å²) in [5, 5.41) is 11.1. The van der Waals surface area contributed by atoms with E-state index in [0.717, 1.165) is 30.8 Å². The average Bonchev–Trinajstić information content (AvgIpc) is 3.61. The Kier molecular flexibility index (Phi) is 6.76. The molecule has 0 saturated carbocycles. The minimum absolute atomic E-state index is 0.103. The van der Waals surface area contributed by atoms with Gasteiger partial charge in [0.05, 0.1) is 27.7 Å². The van der Waals surface area contributed by atoms with Crippen LogP contribution in [0.25, 0.3) is 16.5 Å². The van der Waals surface area contributed by atoms with Gasteiger partial charge in [0.15, 0.2) is 5.17 Å². The molecule has 1 amide bonds. The van der Waals surface area contributed by atoms with E-state index in [-0.39, 0.29) is 28.1 Å². The van der Waals surface area contributed by atoms with Gasteiger partial charge >= 0.3 is 12.4 Å². The zero-order chi connectivity index (χ0) is 27.2. The van der Waals surface area contributed by atoms with Crippen LogP contribution in [0, 0.1) is 0 Å². The number of amides is 1. The lowest BCUT2D eigenvalue weighted by Gasteiger charge is -2.24. The molecule has 1 aromatic heterocycles. The molecule has 2 aromatic carbocycles. The van der Waals surface area contributed by atoms with Crippen molar-refractivity contribution in [2.45, 2.75) is 31.2 Å². The fraction of sp³-hybridized carbons (Fsp3) is 0.320. The highest BCUT2D eigenvalue weighted by atomic mass is 32.2. The van der Waals surface area contributed by atoms with Crippen LogP contribution in [0.5, 0.6) is 0 Å². The second kappa shape index (κ2) is 9.77. The first-order valence-corrected chi connectivity index (χ1v) is 12.4. The van der Waals surface area contributed by atoms with Crippen molar-refractivity contribution >= 4 is 39.3 Å². The van der Waals surface area contributed by atoms with Gasteiger partial charge in [-0.2, -0.15) is 36.4 Å². The predicted octanol–water partition coefficient (Wildman–Crippen LogP) is 5.48. The quantitative estimate of drug-likeness (QED) is 0.331. The van der Waals surface area contributed by atoms with Crippen LogP contribution in [-0.2, 0) is 23.6 Å². The molecule has 1 fully saturated rings. The molecule has 0 radical (unpaired) electrons. The van der Waals surface area contributed by atoms with Gasteiger partial charge in [-0.05, 0) is 72.1 Å². The van der Waals surface area contributed by atoms with Crippen LogP contribution in [0.1, 0.15) is 28.7 Å². The second-order valence-electron chi connectivity index (χ2n) is 9.08. The number of aromatic nitrogens is 2. The number of allylic oxidation sites excluding steroid dienone is 1. The van der Waals surface area contributed by atoms with E-state index in [9.17, 15) is 31.1 Å². The maximum absolute atomic E-state index is 13.9. The van der Waals surface area contributed by atoms with E-state index in [0.29, 0.717) is 34.2 Å². The van der Waals surface area contributed by atoms with Gasteiger partial charge in [-0.3, -0.25) is 9.89 Å². The van der Waals surface area contributed by atoms with E-state index in [4.69, 9.17) is 0 Å². The molecule has 38 heavy (non-hydrogen) atoms. The summed E-state index contributed by atoms with van der Waals surface area (Å²) in [6, 6.07) is 6.65. The van der Waals surface area contributed by atoms with Gasteiger partial charge in [-0.25, -0.2) is 0 Å². The average molecular weight is 554 g/mol. The summed E-state index contributed by atoms with van der Waals surface area (Å²) in [6.45, 7) is 1.52. The monoisotopic (exact) mass is 553 g/mol. The number of hydrogen-bond donors (Lipinski definition) is 2. The van der Waals surface area contributed by atoms with Crippen LogP contribution in [0.3, 0.4) is 0 Å². The Balaban J connectivity index is 1.60. The first-order valence-electron chi connectivity index (χ1n) is 11.6. The lowest BCUT2D eigenvalue weighted by molar-refractivity contribution is -0.143. The molecule has 200 valence electrons. The number of carbonyl (C=O) groups excluding carboxylic acids is 1. The first-order chi connectivity index (χ1) is 17.9. The zero-order valence-corrected chi connectivity index (χ0v) is 20.7. The molecule has 2 aliphatic rings. The van der Waals surface area contributed by atoms with Gasteiger partial charge in [0.1, 0.15) is 0 Å². The third-order valence-electron chi connectivity index (χ3n) is 6.64. The van der Waals surface area contributed by atoms with Gasteiger partial charge in [-0.1, -0.05) is 12.1 Å². The summed E-state index contributed by atoms with van der Waals surface area (Å²) in [5.41, 5.74) is -1.81. The predicted molar refractivity (Wildman–Crippen MR) is 132 cm³/mol. The number of hydrogen-bond acceptors (Lipinski definition) is 5. The van der Waals surface area contributed by atoms with Crippen molar-refractivity contribution in [1.82, 2.24) is 20.4 Å². The molecule has 3 aromatic rings. The van der Waals surface area contributed by atoms with Gasteiger partial charge in [0.25, 0.3) is 5.91 Å². The number of halogens is 6. The lowest BCUT2D eigenvalue weighted by atomic mass is 9.92. The zero-order valence-electron chi connectivity index (χ0n) is 19.9. The molecule has 0 spiro atoms. The summed E-state index contributed by atoms with van der Waals surface area (Å²) >= 11 is 1.06.